The molecular weight excluding hydrogens is 232 g/mol. The van der Waals surface area contributed by atoms with Gasteiger partial charge >= 0.3 is 5.97 Å². The fourth-order valence-corrected chi connectivity index (χ4v) is 4.01. The van der Waals surface area contributed by atoms with E-state index in [-0.39, 0.29) is 23.3 Å². The Kier molecular flexibility index (Phi) is 2.56. The van der Waals surface area contributed by atoms with E-state index >= 15 is 0 Å². The molecule has 0 N–H and O–H groups in total. The zero-order valence-electron chi connectivity index (χ0n) is 11.0. The summed E-state index contributed by atoms with van der Waals surface area (Å²) in [4.78, 5) is 24.8. The van der Waals surface area contributed by atoms with Gasteiger partial charge in [-0.3, -0.25) is 9.59 Å². The highest BCUT2D eigenvalue weighted by molar-refractivity contribution is 6.07. The molecule has 0 aromatic heterocycles. The number of ketones is 1. The Morgan fingerprint density at radius 1 is 1.39 bits per heavy atom. The minimum absolute atomic E-state index is 0.0904. The highest BCUT2D eigenvalue weighted by Crippen LogP contribution is 2.64. The second-order valence-electron chi connectivity index (χ2n) is 6.38. The van der Waals surface area contributed by atoms with E-state index in [1.165, 1.54) is 0 Å². The van der Waals surface area contributed by atoms with Gasteiger partial charge in [-0.15, -0.1) is 0 Å². The van der Waals surface area contributed by atoms with Crippen molar-refractivity contribution in [3.05, 3.63) is 0 Å². The van der Waals surface area contributed by atoms with Crippen LogP contribution in [0.2, 0.25) is 0 Å². The third-order valence-corrected chi connectivity index (χ3v) is 5.41. The van der Waals surface area contributed by atoms with Crippen molar-refractivity contribution < 1.29 is 19.1 Å². The van der Waals surface area contributed by atoms with E-state index in [0.717, 1.165) is 12.8 Å². The van der Waals surface area contributed by atoms with Crippen LogP contribution in [0.4, 0.5) is 0 Å². The molecule has 3 aliphatic rings. The molecule has 1 saturated heterocycles. The van der Waals surface area contributed by atoms with Crippen LogP contribution in [0.15, 0.2) is 0 Å². The molecule has 4 heteroatoms. The second-order valence-corrected chi connectivity index (χ2v) is 6.38. The molecule has 1 aliphatic heterocycles. The summed E-state index contributed by atoms with van der Waals surface area (Å²) in [5.74, 6) is 0.137. The number of hydrogen-bond donors (Lipinski definition) is 0. The van der Waals surface area contributed by atoms with Crippen LogP contribution in [0.3, 0.4) is 0 Å². The molecule has 0 aromatic carbocycles. The van der Waals surface area contributed by atoms with Gasteiger partial charge in [0.25, 0.3) is 0 Å². The Morgan fingerprint density at radius 3 is 2.67 bits per heavy atom. The van der Waals surface area contributed by atoms with Crippen molar-refractivity contribution in [1.82, 2.24) is 0 Å². The number of carbonyl (C=O) groups excluding carboxylic acids is 2. The summed E-state index contributed by atoms with van der Waals surface area (Å²) in [6.07, 6.45) is 2.77. The van der Waals surface area contributed by atoms with Crippen LogP contribution < -0.4 is 0 Å². The Labute approximate surface area is 107 Å². The van der Waals surface area contributed by atoms with Crippen molar-refractivity contribution >= 4 is 11.8 Å². The van der Waals surface area contributed by atoms with Crippen molar-refractivity contribution in [2.45, 2.75) is 45.6 Å². The summed E-state index contributed by atoms with van der Waals surface area (Å²) >= 11 is 0. The molecule has 100 valence electrons. The predicted octanol–water partition coefficient (Wildman–Crippen LogP) is 1.71. The van der Waals surface area contributed by atoms with E-state index in [9.17, 15) is 9.59 Å². The average molecular weight is 252 g/mol. The number of ether oxygens (including phenoxy) is 2. The van der Waals surface area contributed by atoms with Gasteiger partial charge in [0.15, 0.2) is 5.78 Å². The summed E-state index contributed by atoms with van der Waals surface area (Å²) in [5.41, 5.74) is -1.12. The van der Waals surface area contributed by atoms with Gasteiger partial charge in [0.1, 0.15) is 11.5 Å². The molecule has 2 saturated carbocycles. The molecule has 2 aliphatic carbocycles. The molecule has 1 heterocycles. The van der Waals surface area contributed by atoms with Crippen molar-refractivity contribution in [3.63, 3.8) is 0 Å². The minimum atomic E-state index is -0.875. The molecule has 3 fully saturated rings. The zero-order valence-corrected chi connectivity index (χ0v) is 11.0. The van der Waals surface area contributed by atoms with Crippen LogP contribution in [0.5, 0.6) is 0 Å². The molecule has 4 nitrogen and oxygen atoms in total. The number of hydrogen-bond acceptors (Lipinski definition) is 4. The Hall–Kier alpha value is -0.900. The van der Waals surface area contributed by atoms with Crippen molar-refractivity contribution in [3.8, 4) is 0 Å². The van der Waals surface area contributed by atoms with Gasteiger partial charge < -0.3 is 9.47 Å². The van der Waals surface area contributed by atoms with Gasteiger partial charge in [0.05, 0.1) is 13.2 Å². The van der Waals surface area contributed by atoms with Gasteiger partial charge in [-0.05, 0) is 24.2 Å². The quantitative estimate of drug-likeness (QED) is 0.554. The van der Waals surface area contributed by atoms with Gasteiger partial charge in [0.2, 0.25) is 0 Å². The lowest BCUT2D eigenvalue weighted by molar-refractivity contribution is -0.169. The summed E-state index contributed by atoms with van der Waals surface area (Å²) in [5, 5.41) is 0. The molecule has 3 rings (SSSR count). The van der Waals surface area contributed by atoms with Crippen LogP contribution in [0.1, 0.15) is 39.5 Å². The van der Waals surface area contributed by atoms with E-state index in [4.69, 9.17) is 9.47 Å². The van der Waals surface area contributed by atoms with E-state index in [1.54, 1.807) is 0 Å². The standard InChI is InChI=1S/C14H20O4/c1-13(2)9-3-5-14(13,11(15)7-9)12(16)18-10-4-6-17-8-10/h9-10H,3-8H2,1-2H3/t9-,10-,14+/m1/s1. The monoisotopic (exact) mass is 252 g/mol. The van der Waals surface area contributed by atoms with Gasteiger partial charge in [-0.25, -0.2) is 0 Å². The SMILES string of the molecule is CC1(C)[C@@H]2CC[C@@]1(C(=O)O[C@@H]1CCOC1)C(=O)C2. The number of fused-ring (bicyclic) bond motifs is 2. The molecule has 2 bridgehead atoms. The van der Waals surface area contributed by atoms with E-state index in [1.807, 2.05) is 13.8 Å². The first-order valence-electron chi connectivity index (χ1n) is 6.80. The summed E-state index contributed by atoms with van der Waals surface area (Å²) < 4.78 is 10.8. The minimum Gasteiger partial charge on any atom is -0.459 e. The lowest BCUT2D eigenvalue weighted by Gasteiger charge is -2.34. The van der Waals surface area contributed by atoms with E-state index in [0.29, 0.717) is 32.0 Å². The molecule has 0 amide bonds. The third-order valence-electron chi connectivity index (χ3n) is 5.41. The largest absolute Gasteiger partial charge is 0.459 e. The van der Waals surface area contributed by atoms with Gasteiger partial charge in [-0.2, -0.15) is 0 Å². The van der Waals surface area contributed by atoms with Crippen molar-refractivity contribution in [2.24, 2.45) is 16.7 Å². The average Bonchev–Trinajstić information content (AvgIpc) is 2.93. The van der Waals surface area contributed by atoms with Crippen LogP contribution >= 0.6 is 0 Å². The first-order valence-corrected chi connectivity index (χ1v) is 6.80. The Bertz CT molecular complexity index is 395. The van der Waals surface area contributed by atoms with Gasteiger partial charge in [-0.1, -0.05) is 13.8 Å². The maximum absolute atomic E-state index is 12.5. The van der Waals surface area contributed by atoms with Crippen LogP contribution in [-0.4, -0.2) is 31.1 Å². The first kappa shape index (κ1) is 12.2. The Balaban J connectivity index is 1.84. The number of esters is 1. The molecule has 0 spiro atoms. The smallest absolute Gasteiger partial charge is 0.320 e. The third kappa shape index (κ3) is 1.35. The zero-order chi connectivity index (χ0) is 13.0. The maximum Gasteiger partial charge on any atom is 0.320 e. The number of carbonyl (C=O) groups is 2. The first-order chi connectivity index (χ1) is 8.48. The summed E-state index contributed by atoms with van der Waals surface area (Å²) in [6.45, 7) is 5.20. The predicted molar refractivity (Wildman–Crippen MR) is 63.9 cm³/mol. The number of rotatable bonds is 2. The lowest BCUT2D eigenvalue weighted by Crippen LogP contribution is -2.45. The maximum atomic E-state index is 12.5. The van der Waals surface area contributed by atoms with Crippen LogP contribution in [0, 0.1) is 16.7 Å². The number of Topliss-reactive ketones (excluding diaryl/α,β-unsaturated/α-hetero) is 1. The molecule has 18 heavy (non-hydrogen) atoms. The summed E-state index contributed by atoms with van der Waals surface area (Å²) in [7, 11) is 0. The van der Waals surface area contributed by atoms with Crippen LogP contribution in [0.25, 0.3) is 0 Å². The van der Waals surface area contributed by atoms with Gasteiger partial charge in [0, 0.05) is 12.8 Å². The van der Waals surface area contributed by atoms with Crippen molar-refractivity contribution in [1.29, 1.82) is 0 Å². The highest BCUT2D eigenvalue weighted by atomic mass is 16.6. The molecule has 3 atom stereocenters. The van der Waals surface area contributed by atoms with Crippen molar-refractivity contribution in [2.75, 3.05) is 13.2 Å². The molecule has 0 radical (unpaired) electrons. The summed E-state index contributed by atoms with van der Waals surface area (Å²) in [6, 6.07) is 0. The van der Waals surface area contributed by atoms with E-state index < -0.39 is 5.41 Å². The topological polar surface area (TPSA) is 52.6 Å². The molecular formula is C14H20O4. The molecule has 0 unspecified atom stereocenters. The fourth-order valence-electron chi connectivity index (χ4n) is 4.01. The fraction of sp³-hybridized carbons (Fsp3) is 0.857. The van der Waals surface area contributed by atoms with Crippen LogP contribution in [-0.2, 0) is 19.1 Å². The second kappa shape index (κ2) is 3.80. The normalized spacial score (nSPS) is 41.3. The van der Waals surface area contributed by atoms with E-state index in [2.05, 4.69) is 0 Å². The lowest BCUT2D eigenvalue weighted by atomic mass is 9.69. The highest BCUT2D eigenvalue weighted by Gasteiger charge is 2.69. The Morgan fingerprint density at radius 2 is 2.17 bits per heavy atom. The molecule has 0 aromatic rings.